The third kappa shape index (κ3) is 5.21. The first-order valence-corrected chi connectivity index (χ1v) is 10.3. The molecule has 0 amide bonds. The molecule has 2 N–H and O–H groups in total. The van der Waals surface area contributed by atoms with E-state index in [2.05, 4.69) is 23.2 Å². The summed E-state index contributed by atoms with van der Waals surface area (Å²) in [6.07, 6.45) is 1.34. The number of methoxy groups -OCH3 is 1. The molecule has 5 nitrogen and oxygen atoms in total. The molecule has 0 saturated heterocycles. The van der Waals surface area contributed by atoms with Crippen LogP contribution in [0.2, 0.25) is 0 Å². The number of esters is 1. The number of rotatable bonds is 8. The monoisotopic (exact) mass is 425 g/mol. The lowest BCUT2D eigenvalue weighted by Gasteiger charge is -2.15. The summed E-state index contributed by atoms with van der Waals surface area (Å²) in [5.74, 6) is -0.828. The lowest BCUT2D eigenvalue weighted by atomic mass is 10.0. The molecule has 0 radical (unpaired) electrons. The summed E-state index contributed by atoms with van der Waals surface area (Å²) in [6, 6.07) is 14.5. The highest BCUT2D eigenvalue weighted by molar-refractivity contribution is 6.01. The van der Waals surface area contributed by atoms with Crippen LogP contribution in [-0.4, -0.2) is 40.1 Å². The number of hydrogen-bond acceptors (Lipinski definition) is 4. The summed E-state index contributed by atoms with van der Waals surface area (Å²) in [5.41, 5.74) is 3.74. The molecule has 3 aromatic rings. The van der Waals surface area contributed by atoms with Crippen molar-refractivity contribution in [2.75, 3.05) is 7.11 Å². The second-order valence-electron chi connectivity index (χ2n) is 7.84. The Labute approximate surface area is 181 Å². The number of hydrogen-bond donors (Lipinski definition) is 2. The van der Waals surface area contributed by atoms with E-state index >= 15 is 0 Å². The first kappa shape index (κ1) is 22.7. The second-order valence-corrected chi connectivity index (χ2v) is 7.84. The number of aliphatic hydroxyl groups is 2. The Morgan fingerprint density at radius 1 is 1.13 bits per heavy atom. The smallest absolute Gasteiger partial charge is 0.308 e. The molecule has 0 aliphatic carbocycles. The lowest BCUT2D eigenvalue weighted by molar-refractivity contribution is -0.143. The van der Waals surface area contributed by atoms with Crippen molar-refractivity contribution in [1.82, 2.24) is 4.57 Å². The SMILES string of the molecule is COC(=O)CC(O)CC(O)C=Cc1c(-c2ccc(F)cc2)c2ccccc2n1C(C)C. The van der Waals surface area contributed by atoms with Crippen molar-refractivity contribution < 1.29 is 24.1 Å². The predicted molar refractivity (Wildman–Crippen MR) is 120 cm³/mol. The van der Waals surface area contributed by atoms with Crippen LogP contribution < -0.4 is 0 Å². The van der Waals surface area contributed by atoms with Gasteiger partial charge in [0.2, 0.25) is 0 Å². The van der Waals surface area contributed by atoms with E-state index in [4.69, 9.17) is 0 Å². The molecule has 2 unspecified atom stereocenters. The van der Waals surface area contributed by atoms with E-state index < -0.39 is 18.2 Å². The molecule has 2 atom stereocenters. The number of benzene rings is 2. The van der Waals surface area contributed by atoms with Gasteiger partial charge in [-0.3, -0.25) is 4.79 Å². The fraction of sp³-hybridized carbons (Fsp3) is 0.320. The number of halogens is 1. The van der Waals surface area contributed by atoms with Crippen LogP contribution in [-0.2, 0) is 9.53 Å². The van der Waals surface area contributed by atoms with E-state index in [-0.39, 0.29) is 24.7 Å². The maximum atomic E-state index is 13.5. The number of nitrogens with zero attached hydrogens (tertiary/aromatic N) is 1. The molecule has 1 aromatic heterocycles. The van der Waals surface area contributed by atoms with Gasteiger partial charge in [-0.25, -0.2) is 4.39 Å². The van der Waals surface area contributed by atoms with Gasteiger partial charge in [-0.05, 0) is 43.7 Å². The number of ether oxygens (including phenoxy) is 1. The summed E-state index contributed by atoms with van der Waals surface area (Å²) in [6.45, 7) is 4.16. The van der Waals surface area contributed by atoms with Crippen LogP contribution in [0.15, 0.2) is 54.6 Å². The first-order valence-electron chi connectivity index (χ1n) is 10.3. The average Bonchev–Trinajstić information content (AvgIpc) is 3.07. The molecule has 0 saturated carbocycles. The van der Waals surface area contributed by atoms with Gasteiger partial charge < -0.3 is 19.5 Å². The number of carbonyl (C=O) groups is 1. The molecule has 2 aromatic carbocycles. The van der Waals surface area contributed by atoms with E-state index in [1.165, 1.54) is 19.2 Å². The zero-order valence-corrected chi connectivity index (χ0v) is 18.0. The number of aliphatic hydroxyl groups excluding tert-OH is 2. The third-order valence-electron chi connectivity index (χ3n) is 5.22. The Kier molecular flexibility index (Phi) is 7.25. The normalized spacial score (nSPS) is 13.8. The fourth-order valence-corrected chi connectivity index (χ4v) is 3.84. The Morgan fingerprint density at radius 2 is 1.81 bits per heavy atom. The number of fused-ring (bicyclic) bond motifs is 1. The summed E-state index contributed by atoms with van der Waals surface area (Å²) < 4.78 is 20.3. The van der Waals surface area contributed by atoms with Crippen molar-refractivity contribution in [3.05, 3.63) is 66.1 Å². The Balaban J connectivity index is 2.03. The summed E-state index contributed by atoms with van der Waals surface area (Å²) in [4.78, 5) is 11.3. The van der Waals surface area contributed by atoms with E-state index in [0.717, 1.165) is 27.7 Å². The van der Waals surface area contributed by atoms with Crippen molar-refractivity contribution >= 4 is 22.9 Å². The average molecular weight is 426 g/mol. The first-order chi connectivity index (χ1) is 14.8. The van der Waals surface area contributed by atoms with E-state index in [9.17, 15) is 19.4 Å². The maximum absolute atomic E-state index is 13.5. The molecule has 0 aliphatic heterocycles. The minimum atomic E-state index is -1.00. The Morgan fingerprint density at radius 3 is 2.45 bits per heavy atom. The highest BCUT2D eigenvalue weighted by atomic mass is 19.1. The molecular formula is C25H28FNO4. The van der Waals surface area contributed by atoms with Gasteiger partial charge in [0.25, 0.3) is 0 Å². The minimum absolute atomic E-state index is 0.0133. The Hall–Kier alpha value is -2.96. The predicted octanol–water partition coefficient (Wildman–Crippen LogP) is 4.72. The van der Waals surface area contributed by atoms with Crippen LogP contribution in [0.3, 0.4) is 0 Å². The standard InChI is InChI=1S/C25H28FNO4/c1-16(2)27-22-7-5-4-6-21(22)25(17-8-10-18(26)11-9-17)23(27)13-12-19(28)14-20(29)15-24(30)31-3/h4-13,16,19-20,28-29H,14-15H2,1-3H3. The zero-order chi connectivity index (χ0) is 22.5. The molecule has 0 spiro atoms. The Bertz CT molecular complexity index is 1070. The molecular weight excluding hydrogens is 397 g/mol. The van der Waals surface area contributed by atoms with Crippen molar-refractivity contribution in [3.63, 3.8) is 0 Å². The fourth-order valence-electron chi connectivity index (χ4n) is 3.84. The van der Waals surface area contributed by atoms with Gasteiger partial charge in [-0.2, -0.15) is 0 Å². The molecule has 31 heavy (non-hydrogen) atoms. The van der Waals surface area contributed by atoms with Crippen LogP contribution >= 0.6 is 0 Å². The van der Waals surface area contributed by atoms with E-state index in [1.807, 2.05) is 30.3 Å². The van der Waals surface area contributed by atoms with Gasteiger partial charge >= 0.3 is 5.97 Å². The topological polar surface area (TPSA) is 71.7 Å². The van der Waals surface area contributed by atoms with Crippen LogP contribution in [0.1, 0.15) is 38.4 Å². The van der Waals surface area contributed by atoms with Gasteiger partial charge in [0.05, 0.1) is 25.7 Å². The van der Waals surface area contributed by atoms with Gasteiger partial charge in [0, 0.05) is 34.6 Å². The molecule has 0 fully saturated rings. The van der Waals surface area contributed by atoms with Crippen molar-refractivity contribution in [1.29, 1.82) is 0 Å². The van der Waals surface area contributed by atoms with Crippen molar-refractivity contribution in [2.24, 2.45) is 0 Å². The van der Waals surface area contributed by atoms with Gasteiger partial charge in [0.15, 0.2) is 0 Å². The number of carbonyl (C=O) groups excluding carboxylic acids is 1. The maximum Gasteiger partial charge on any atom is 0.308 e. The van der Waals surface area contributed by atoms with E-state index in [0.29, 0.717) is 0 Å². The zero-order valence-electron chi connectivity index (χ0n) is 18.0. The summed E-state index contributed by atoms with van der Waals surface area (Å²) in [5, 5.41) is 21.4. The van der Waals surface area contributed by atoms with Crippen LogP contribution in [0.5, 0.6) is 0 Å². The number of para-hydroxylation sites is 1. The van der Waals surface area contributed by atoms with Gasteiger partial charge in [-0.1, -0.05) is 36.4 Å². The van der Waals surface area contributed by atoms with Gasteiger partial charge in [-0.15, -0.1) is 0 Å². The highest BCUT2D eigenvalue weighted by Crippen LogP contribution is 2.38. The van der Waals surface area contributed by atoms with Gasteiger partial charge in [0.1, 0.15) is 5.82 Å². The molecule has 1 heterocycles. The quantitative estimate of drug-likeness (QED) is 0.513. The van der Waals surface area contributed by atoms with E-state index in [1.54, 1.807) is 18.2 Å². The molecule has 0 aliphatic rings. The highest BCUT2D eigenvalue weighted by Gasteiger charge is 2.19. The second kappa shape index (κ2) is 9.90. The van der Waals surface area contributed by atoms with Crippen LogP contribution in [0.25, 0.3) is 28.1 Å². The molecule has 3 rings (SSSR count). The third-order valence-corrected chi connectivity index (χ3v) is 5.22. The number of aromatic nitrogens is 1. The van der Waals surface area contributed by atoms with Crippen molar-refractivity contribution in [2.45, 2.75) is 44.9 Å². The molecule has 6 heteroatoms. The summed E-state index contributed by atoms with van der Waals surface area (Å²) >= 11 is 0. The summed E-state index contributed by atoms with van der Waals surface area (Å²) in [7, 11) is 1.26. The van der Waals surface area contributed by atoms with Crippen LogP contribution in [0, 0.1) is 5.82 Å². The van der Waals surface area contributed by atoms with Crippen LogP contribution in [0.4, 0.5) is 4.39 Å². The molecule has 164 valence electrons. The largest absolute Gasteiger partial charge is 0.469 e. The lowest BCUT2D eigenvalue weighted by Crippen LogP contribution is -2.20. The molecule has 0 bridgehead atoms. The minimum Gasteiger partial charge on any atom is -0.469 e. The van der Waals surface area contributed by atoms with Crippen molar-refractivity contribution in [3.8, 4) is 11.1 Å².